The molecule has 3 amide bonds. The average molecular weight is 523 g/mol. The molecule has 2 aliphatic heterocycles. The number of aliphatic hydroxyl groups is 1. The van der Waals surface area contributed by atoms with E-state index in [0.717, 1.165) is 6.39 Å². The van der Waals surface area contributed by atoms with Crippen molar-refractivity contribution in [2.24, 2.45) is 0 Å². The first-order valence-corrected chi connectivity index (χ1v) is 10.8. The molecule has 0 aromatic carbocycles. The van der Waals surface area contributed by atoms with E-state index in [1.807, 2.05) is 0 Å². The van der Waals surface area contributed by atoms with E-state index >= 15 is 0 Å². The fourth-order valence-corrected chi connectivity index (χ4v) is 3.83. The molecule has 1 spiro atoms. The second-order valence-corrected chi connectivity index (χ2v) is 9.24. The van der Waals surface area contributed by atoms with Crippen molar-refractivity contribution in [1.82, 2.24) is 25.3 Å². The number of carboxylic acid groups (broad SMARTS) is 1. The number of aliphatic hydroxyl groups excluding tert-OH is 1. The predicted octanol–water partition coefficient (Wildman–Crippen LogP) is 0.680. The number of β-lactam (4-membered cyclic amide) rings is 1. The van der Waals surface area contributed by atoms with Gasteiger partial charge in [-0.05, 0) is 40.5 Å². The van der Waals surface area contributed by atoms with Crippen LogP contribution in [-0.2, 0) is 25.7 Å². The van der Waals surface area contributed by atoms with Gasteiger partial charge in [-0.2, -0.15) is 13.2 Å². The van der Waals surface area contributed by atoms with Crippen molar-refractivity contribution in [2.75, 3.05) is 13.1 Å². The van der Waals surface area contributed by atoms with Crippen LogP contribution >= 0.6 is 0 Å². The third-order valence-corrected chi connectivity index (χ3v) is 5.32. The number of ether oxygens (including phenoxy) is 1. The summed E-state index contributed by atoms with van der Waals surface area (Å²) in [5, 5.41) is 27.0. The van der Waals surface area contributed by atoms with Crippen LogP contribution < -0.4 is 5.32 Å². The molecule has 2 fully saturated rings. The Labute approximate surface area is 203 Å². The minimum atomic E-state index is -5.08. The summed E-state index contributed by atoms with van der Waals surface area (Å²) >= 11 is 0. The van der Waals surface area contributed by atoms with E-state index in [1.54, 1.807) is 20.8 Å². The Bertz CT molecular complexity index is 964. The summed E-state index contributed by atoms with van der Waals surface area (Å²) in [7, 11) is 0. The van der Waals surface area contributed by atoms with E-state index < -0.39 is 47.4 Å². The number of nitrogens with one attached hydrogen (secondary N) is 1. The summed E-state index contributed by atoms with van der Waals surface area (Å²) in [6, 6.07) is -1.09. The van der Waals surface area contributed by atoms with Gasteiger partial charge in [0.05, 0.1) is 19.2 Å². The molecule has 0 bridgehead atoms. The first-order chi connectivity index (χ1) is 16.5. The number of amides is 3. The highest BCUT2D eigenvalue weighted by Crippen LogP contribution is 2.41. The number of halogens is 3. The average Bonchev–Trinajstić information content (AvgIpc) is 3.41. The standard InChI is InChI=1S/C18H27N5O6.C2HF3O2/c1-11(24)13(14(25)19-8-12-21-20-10-28-12)22-9-18(15(22)26)6-5-7-23(18)16(27)29-17(2,3)4;3-2(4,5)1(6)7/h10-11,13,24H,5-9H2,1-4H3,(H,19,25);(H,6,7)/t11-,13+,18?;/m1./s1. The maximum absolute atomic E-state index is 13.1. The highest BCUT2D eigenvalue weighted by Gasteiger charge is 2.63. The molecule has 1 aromatic heterocycles. The number of alkyl halides is 3. The number of aliphatic carboxylic acids is 1. The van der Waals surface area contributed by atoms with Gasteiger partial charge in [0.15, 0.2) is 0 Å². The molecule has 2 saturated heterocycles. The van der Waals surface area contributed by atoms with E-state index in [2.05, 4.69) is 15.5 Å². The molecule has 0 saturated carbocycles. The topological polar surface area (TPSA) is 175 Å². The van der Waals surface area contributed by atoms with Crippen molar-refractivity contribution in [3.05, 3.63) is 12.3 Å². The second-order valence-electron chi connectivity index (χ2n) is 9.24. The second kappa shape index (κ2) is 10.7. The molecule has 36 heavy (non-hydrogen) atoms. The van der Waals surface area contributed by atoms with E-state index in [4.69, 9.17) is 19.1 Å². The fraction of sp³-hybridized carbons (Fsp3) is 0.700. The molecule has 1 aromatic rings. The highest BCUT2D eigenvalue weighted by molar-refractivity contribution is 5.99. The molecule has 13 nitrogen and oxygen atoms in total. The van der Waals surface area contributed by atoms with Crippen molar-refractivity contribution in [3.63, 3.8) is 0 Å². The zero-order valence-corrected chi connectivity index (χ0v) is 20.0. The number of carbonyl (C=O) groups excluding carboxylic acids is 3. The molecule has 3 rings (SSSR count). The van der Waals surface area contributed by atoms with Crippen LogP contribution in [0.1, 0.15) is 46.4 Å². The monoisotopic (exact) mass is 523 g/mol. The van der Waals surface area contributed by atoms with Crippen molar-refractivity contribution in [3.8, 4) is 0 Å². The SMILES string of the molecule is C[C@@H](O)[C@@H](C(=O)NCc1nnco1)N1CC2(CCCN2C(=O)OC(C)(C)C)C1=O.O=C(O)C(F)(F)F. The lowest BCUT2D eigenvalue weighted by molar-refractivity contribution is -0.192. The van der Waals surface area contributed by atoms with Crippen LogP contribution in [0.4, 0.5) is 18.0 Å². The van der Waals surface area contributed by atoms with Crippen LogP contribution in [0.2, 0.25) is 0 Å². The third kappa shape index (κ3) is 6.61. The van der Waals surface area contributed by atoms with Gasteiger partial charge in [-0.3, -0.25) is 14.5 Å². The van der Waals surface area contributed by atoms with E-state index in [9.17, 15) is 32.7 Å². The van der Waals surface area contributed by atoms with Gasteiger partial charge in [-0.1, -0.05) is 0 Å². The van der Waals surface area contributed by atoms with Crippen LogP contribution in [0.25, 0.3) is 0 Å². The van der Waals surface area contributed by atoms with E-state index in [1.165, 1.54) is 16.7 Å². The van der Waals surface area contributed by atoms with Gasteiger partial charge in [0.1, 0.15) is 17.2 Å². The summed E-state index contributed by atoms with van der Waals surface area (Å²) < 4.78 is 42.1. The van der Waals surface area contributed by atoms with Gasteiger partial charge in [-0.15, -0.1) is 10.2 Å². The quantitative estimate of drug-likeness (QED) is 0.465. The Kier molecular flexibility index (Phi) is 8.54. The lowest BCUT2D eigenvalue weighted by atomic mass is 9.83. The fourth-order valence-electron chi connectivity index (χ4n) is 3.83. The van der Waals surface area contributed by atoms with Gasteiger partial charge in [-0.25, -0.2) is 9.59 Å². The Hall–Kier alpha value is -3.43. The zero-order chi connectivity index (χ0) is 27.5. The molecule has 202 valence electrons. The molecular formula is C20H28F3N5O8. The lowest BCUT2D eigenvalue weighted by Crippen LogP contribution is -2.77. The van der Waals surface area contributed by atoms with Crippen LogP contribution in [-0.4, -0.2) is 96.6 Å². The number of rotatable bonds is 5. The summed E-state index contributed by atoms with van der Waals surface area (Å²) in [4.78, 5) is 49.9. The van der Waals surface area contributed by atoms with Crippen molar-refractivity contribution >= 4 is 23.9 Å². The molecule has 3 atom stereocenters. The highest BCUT2D eigenvalue weighted by atomic mass is 19.4. The Morgan fingerprint density at radius 3 is 2.36 bits per heavy atom. The summed E-state index contributed by atoms with van der Waals surface area (Å²) in [6.07, 6.45) is -4.42. The lowest BCUT2D eigenvalue weighted by Gasteiger charge is -2.53. The first kappa shape index (κ1) is 28.8. The van der Waals surface area contributed by atoms with Gasteiger partial charge in [0.25, 0.3) is 5.91 Å². The maximum Gasteiger partial charge on any atom is 0.490 e. The molecule has 16 heteroatoms. The summed E-state index contributed by atoms with van der Waals surface area (Å²) in [5.41, 5.74) is -1.69. The molecule has 3 N–H and O–H groups in total. The molecule has 2 aliphatic rings. The summed E-state index contributed by atoms with van der Waals surface area (Å²) in [5.74, 6) is -3.45. The molecule has 0 aliphatic carbocycles. The van der Waals surface area contributed by atoms with Crippen molar-refractivity contribution < 1.29 is 51.7 Å². The van der Waals surface area contributed by atoms with Crippen molar-refractivity contribution in [2.45, 2.75) is 76.5 Å². The first-order valence-electron chi connectivity index (χ1n) is 10.8. The Balaban J connectivity index is 0.000000572. The number of aromatic nitrogens is 2. The number of hydrogen-bond acceptors (Lipinski definition) is 9. The zero-order valence-electron chi connectivity index (χ0n) is 20.0. The molecule has 1 unspecified atom stereocenters. The minimum absolute atomic E-state index is 0.0146. The van der Waals surface area contributed by atoms with Crippen LogP contribution in [0.3, 0.4) is 0 Å². The maximum atomic E-state index is 13.1. The van der Waals surface area contributed by atoms with Gasteiger partial charge in [0.2, 0.25) is 18.2 Å². The molecule has 3 heterocycles. The number of nitrogens with zero attached hydrogens (tertiary/aromatic N) is 4. The van der Waals surface area contributed by atoms with Crippen molar-refractivity contribution in [1.29, 1.82) is 0 Å². The summed E-state index contributed by atoms with van der Waals surface area (Å²) in [6.45, 7) is 7.29. The Morgan fingerprint density at radius 1 is 1.31 bits per heavy atom. The van der Waals surface area contributed by atoms with Gasteiger partial charge < -0.3 is 29.6 Å². The number of carboxylic acids is 1. The van der Waals surface area contributed by atoms with E-state index in [0.29, 0.717) is 19.4 Å². The minimum Gasteiger partial charge on any atom is -0.475 e. The number of carbonyl (C=O) groups is 4. The van der Waals surface area contributed by atoms with Crippen LogP contribution in [0.5, 0.6) is 0 Å². The Morgan fingerprint density at radius 2 is 1.92 bits per heavy atom. The third-order valence-electron chi connectivity index (χ3n) is 5.32. The largest absolute Gasteiger partial charge is 0.490 e. The molecular weight excluding hydrogens is 495 g/mol. The number of likely N-dealkylation sites (tertiary alicyclic amines) is 2. The van der Waals surface area contributed by atoms with E-state index in [-0.39, 0.29) is 24.9 Å². The van der Waals surface area contributed by atoms with Gasteiger partial charge in [0, 0.05) is 6.54 Å². The normalized spacial score (nSPS) is 21.3. The molecule has 0 radical (unpaired) electrons. The van der Waals surface area contributed by atoms with Crippen LogP contribution in [0, 0.1) is 0 Å². The smallest absolute Gasteiger partial charge is 0.475 e. The van der Waals surface area contributed by atoms with Gasteiger partial charge >= 0.3 is 18.2 Å². The predicted molar refractivity (Wildman–Crippen MR) is 112 cm³/mol. The van der Waals surface area contributed by atoms with Crippen LogP contribution in [0.15, 0.2) is 10.8 Å². The number of hydrogen-bond donors (Lipinski definition) is 3.